The van der Waals surface area contributed by atoms with Crippen molar-refractivity contribution in [2.75, 3.05) is 39.2 Å². The van der Waals surface area contributed by atoms with E-state index in [1.54, 1.807) is 7.11 Å². The van der Waals surface area contributed by atoms with Crippen molar-refractivity contribution >= 4 is 39.9 Å². The number of hydrogen-bond acceptors (Lipinski definition) is 3. The molecule has 3 nitrogen and oxygen atoms in total. The maximum atomic E-state index is 6.41. The van der Waals surface area contributed by atoms with Crippen LogP contribution >= 0.6 is 34.2 Å². The van der Waals surface area contributed by atoms with Gasteiger partial charge in [-0.05, 0) is 61.7 Å². The van der Waals surface area contributed by atoms with E-state index in [-0.39, 0.29) is 0 Å². The van der Waals surface area contributed by atoms with Crippen molar-refractivity contribution < 1.29 is 4.74 Å². The van der Waals surface area contributed by atoms with Gasteiger partial charge in [0.2, 0.25) is 0 Å². The van der Waals surface area contributed by atoms with Crippen LogP contribution in [0.1, 0.15) is 12.8 Å². The summed E-state index contributed by atoms with van der Waals surface area (Å²) in [7, 11) is 6.01. The predicted molar refractivity (Wildman–Crippen MR) is 89.6 cm³/mol. The van der Waals surface area contributed by atoms with Crippen LogP contribution in [0.3, 0.4) is 0 Å². The molecule has 0 unspecified atom stereocenters. The second-order valence-corrected chi connectivity index (χ2v) is 6.77. The Hall–Kier alpha value is -0.200. The Morgan fingerprint density at radius 2 is 1.95 bits per heavy atom. The monoisotopic (exact) mass is 394 g/mol. The molecule has 0 amide bonds. The van der Waals surface area contributed by atoms with E-state index < -0.39 is 0 Å². The summed E-state index contributed by atoms with van der Waals surface area (Å²) in [6, 6.07) is 4.71. The Bertz CT molecular complexity index is 445. The third kappa shape index (κ3) is 3.47. The van der Waals surface area contributed by atoms with Crippen LogP contribution in [0.25, 0.3) is 0 Å². The molecule has 1 aliphatic rings. The SMILES string of the molecule is COc1cc(I)cc(Cl)c1N1CCC(N(C)C)CC1. The first-order chi connectivity index (χ1) is 9.02. The summed E-state index contributed by atoms with van der Waals surface area (Å²) in [6.07, 6.45) is 2.33. The molecule has 1 saturated heterocycles. The Labute approximate surface area is 134 Å². The fourth-order valence-electron chi connectivity index (χ4n) is 2.61. The lowest BCUT2D eigenvalue weighted by Gasteiger charge is -2.37. The molecule has 106 valence electrons. The van der Waals surface area contributed by atoms with Crippen LogP contribution in [0, 0.1) is 3.57 Å². The second-order valence-electron chi connectivity index (χ2n) is 5.12. The van der Waals surface area contributed by atoms with Crippen LogP contribution in [0.4, 0.5) is 5.69 Å². The summed E-state index contributed by atoms with van der Waals surface area (Å²) in [5.41, 5.74) is 1.04. The summed E-state index contributed by atoms with van der Waals surface area (Å²) in [6.45, 7) is 2.05. The molecule has 2 rings (SSSR count). The first-order valence-corrected chi connectivity index (χ1v) is 7.93. The Morgan fingerprint density at radius 1 is 1.32 bits per heavy atom. The first-order valence-electron chi connectivity index (χ1n) is 6.47. The number of halogens is 2. The minimum Gasteiger partial charge on any atom is -0.494 e. The highest BCUT2D eigenvalue weighted by molar-refractivity contribution is 14.1. The third-order valence-electron chi connectivity index (χ3n) is 3.72. The normalized spacial score (nSPS) is 17.1. The number of piperidine rings is 1. The van der Waals surface area contributed by atoms with Crippen LogP contribution in [-0.2, 0) is 0 Å². The molecule has 0 N–H and O–H groups in total. The van der Waals surface area contributed by atoms with Crippen molar-refractivity contribution in [2.24, 2.45) is 0 Å². The highest BCUT2D eigenvalue weighted by Crippen LogP contribution is 2.38. The fraction of sp³-hybridized carbons (Fsp3) is 0.571. The number of rotatable bonds is 3. The molecule has 0 aromatic heterocycles. The van der Waals surface area contributed by atoms with Gasteiger partial charge in [0.05, 0.1) is 17.8 Å². The van der Waals surface area contributed by atoms with Crippen LogP contribution in [0.15, 0.2) is 12.1 Å². The molecule has 0 atom stereocenters. The van der Waals surface area contributed by atoms with Crippen LogP contribution < -0.4 is 9.64 Å². The largest absolute Gasteiger partial charge is 0.494 e. The van der Waals surface area contributed by atoms with Gasteiger partial charge in [-0.1, -0.05) is 11.6 Å². The van der Waals surface area contributed by atoms with Crippen LogP contribution in [-0.4, -0.2) is 45.2 Å². The second kappa shape index (κ2) is 6.50. The van der Waals surface area contributed by atoms with Crippen molar-refractivity contribution in [1.29, 1.82) is 0 Å². The van der Waals surface area contributed by atoms with Gasteiger partial charge in [-0.3, -0.25) is 0 Å². The van der Waals surface area contributed by atoms with Gasteiger partial charge in [-0.25, -0.2) is 0 Å². The zero-order chi connectivity index (χ0) is 14.0. The van der Waals surface area contributed by atoms with Crippen LogP contribution in [0.5, 0.6) is 5.75 Å². The van der Waals surface area contributed by atoms with Gasteiger partial charge in [0.15, 0.2) is 0 Å². The summed E-state index contributed by atoms with van der Waals surface area (Å²) >= 11 is 8.67. The average molecular weight is 395 g/mol. The standard InChI is InChI=1S/C14H20ClIN2O/c1-17(2)11-4-6-18(7-5-11)14-12(15)8-10(16)9-13(14)19-3/h8-9,11H,4-7H2,1-3H3. The van der Waals surface area contributed by atoms with Crippen LogP contribution in [0.2, 0.25) is 5.02 Å². The number of methoxy groups -OCH3 is 1. The molecule has 5 heteroatoms. The molecular weight excluding hydrogens is 375 g/mol. The zero-order valence-corrected chi connectivity index (χ0v) is 14.5. The smallest absolute Gasteiger partial charge is 0.144 e. The van der Waals surface area contributed by atoms with E-state index in [4.69, 9.17) is 16.3 Å². The minimum atomic E-state index is 0.671. The van der Waals surface area contributed by atoms with Gasteiger partial charge < -0.3 is 14.5 Å². The molecule has 0 saturated carbocycles. The maximum absolute atomic E-state index is 6.41. The molecule has 1 heterocycles. The number of hydrogen-bond donors (Lipinski definition) is 0. The lowest BCUT2D eigenvalue weighted by molar-refractivity contribution is 0.249. The zero-order valence-electron chi connectivity index (χ0n) is 11.6. The number of ether oxygens (including phenoxy) is 1. The molecular formula is C14H20ClIN2O. The van der Waals surface area contributed by atoms with Crippen molar-refractivity contribution in [2.45, 2.75) is 18.9 Å². The van der Waals surface area contributed by atoms with Crippen molar-refractivity contribution in [3.8, 4) is 5.75 Å². The Kier molecular flexibility index (Phi) is 5.20. The summed E-state index contributed by atoms with van der Waals surface area (Å²) in [4.78, 5) is 4.65. The quantitative estimate of drug-likeness (QED) is 0.730. The van der Waals surface area contributed by atoms with Gasteiger partial charge in [-0.2, -0.15) is 0 Å². The van der Waals surface area contributed by atoms with Crippen molar-refractivity contribution in [3.63, 3.8) is 0 Å². The van der Waals surface area contributed by atoms with E-state index in [1.807, 2.05) is 12.1 Å². The lowest BCUT2D eigenvalue weighted by Crippen LogP contribution is -2.42. The van der Waals surface area contributed by atoms with E-state index in [1.165, 1.54) is 12.8 Å². The Morgan fingerprint density at radius 3 is 2.47 bits per heavy atom. The summed E-state index contributed by atoms with van der Waals surface area (Å²) < 4.78 is 6.60. The van der Waals surface area contributed by atoms with E-state index in [2.05, 4.69) is 46.5 Å². The van der Waals surface area contributed by atoms with E-state index in [0.29, 0.717) is 6.04 Å². The fourth-order valence-corrected chi connectivity index (χ4v) is 3.72. The van der Waals surface area contributed by atoms with Gasteiger partial charge >= 0.3 is 0 Å². The molecule has 0 bridgehead atoms. The molecule has 1 aromatic rings. The minimum absolute atomic E-state index is 0.671. The highest BCUT2D eigenvalue weighted by Gasteiger charge is 2.24. The summed E-state index contributed by atoms with van der Waals surface area (Å²) in [5, 5.41) is 0.784. The molecule has 1 aromatic carbocycles. The highest BCUT2D eigenvalue weighted by atomic mass is 127. The van der Waals surface area contributed by atoms with Gasteiger partial charge in [0, 0.05) is 22.7 Å². The molecule has 19 heavy (non-hydrogen) atoms. The first kappa shape index (κ1) is 15.2. The van der Waals surface area contributed by atoms with E-state index in [0.717, 1.165) is 33.1 Å². The Balaban J connectivity index is 2.19. The van der Waals surface area contributed by atoms with Gasteiger partial charge in [0.1, 0.15) is 5.75 Å². The number of nitrogens with zero attached hydrogens (tertiary/aromatic N) is 2. The van der Waals surface area contributed by atoms with Gasteiger partial charge in [0.25, 0.3) is 0 Å². The average Bonchev–Trinajstić information content (AvgIpc) is 2.38. The third-order valence-corrected chi connectivity index (χ3v) is 4.64. The molecule has 1 aliphatic heterocycles. The molecule has 0 aliphatic carbocycles. The van der Waals surface area contributed by atoms with Crippen molar-refractivity contribution in [1.82, 2.24) is 4.90 Å². The maximum Gasteiger partial charge on any atom is 0.144 e. The molecule has 1 fully saturated rings. The van der Waals surface area contributed by atoms with Gasteiger partial charge in [-0.15, -0.1) is 0 Å². The van der Waals surface area contributed by atoms with E-state index in [9.17, 15) is 0 Å². The number of anilines is 1. The topological polar surface area (TPSA) is 15.7 Å². The predicted octanol–water partition coefficient (Wildman–Crippen LogP) is 3.48. The molecule has 0 spiro atoms. The number of benzene rings is 1. The van der Waals surface area contributed by atoms with Crippen molar-refractivity contribution in [3.05, 3.63) is 20.7 Å². The summed E-state index contributed by atoms with van der Waals surface area (Å²) in [5.74, 6) is 0.875. The lowest BCUT2D eigenvalue weighted by atomic mass is 10.0. The van der Waals surface area contributed by atoms with E-state index >= 15 is 0 Å². The molecule has 0 radical (unpaired) electrons.